The zero-order valence-corrected chi connectivity index (χ0v) is 20.6. The molecule has 0 bridgehead atoms. The average Bonchev–Trinajstić information content (AvgIpc) is 2.90. The molecule has 3 aromatic rings. The molecular formula is C29H32N2O5. The Kier molecular flexibility index (Phi) is 10.1. The SMILES string of the molecule is CC(C)[C@@H](NC(=O)[C@H](Cc1ccccc1)NC(=O)OCc1ccccc1)C(=O)OCc1ccccc1. The predicted molar refractivity (Wildman–Crippen MR) is 137 cm³/mol. The molecule has 0 aromatic heterocycles. The monoisotopic (exact) mass is 488 g/mol. The lowest BCUT2D eigenvalue weighted by Gasteiger charge is -2.24. The molecule has 2 amide bonds. The van der Waals surface area contributed by atoms with Crippen molar-refractivity contribution >= 4 is 18.0 Å². The minimum atomic E-state index is -0.946. The molecule has 0 aliphatic carbocycles. The fourth-order valence-corrected chi connectivity index (χ4v) is 3.54. The quantitative estimate of drug-likeness (QED) is 0.390. The van der Waals surface area contributed by atoms with Gasteiger partial charge in [0.2, 0.25) is 5.91 Å². The van der Waals surface area contributed by atoms with Gasteiger partial charge in [0.1, 0.15) is 25.3 Å². The molecular weight excluding hydrogens is 456 g/mol. The van der Waals surface area contributed by atoms with Gasteiger partial charge in [-0.1, -0.05) is 105 Å². The van der Waals surface area contributed by atoms with E-state index in [2.05, 4.69) is 10.6 Å². The molecule has 188 valence electrons. The van der Waals surface area contributed by atoms with E-state index in [0.717, 1.165) is 16.7 Å². The van der Waals surface area contributed by atoms with Crippen molar-refractivity contribution in [3.05, 3.63) is 108 Å². The van der Waals surface area contributed by atoms with Crippen LogP contribution in [-0.4, -0.2) is 30.1 Å². The van der Waals surface area contributed by atoms with E-state index in [4.69, 9.17) is 9.47 Å². The van der Waals surface area contributed by atoms with Crippen LogP contribution in [0.3, 0.4) is 0 Å². The number of hydrogen-bond acceptors (Lipinski definition) is 5. The Bertz CT molecular complexity index is 1100. The Morgan fingerprint density at radius 1 is 0.667 bits per heavy atom. The molecule has 0 aliphatic rings. The molecule has 7 heteroatoms. The van der Waals surface area contributed by atoms with Crippen LogP contribution in [-0.2, 0) is 38.7 Å². The van der Waals surface area contributed by atoms with Crippen LogP contribution in [0, 0.1) is 5.92 Å². The largest absolute Gasteiger partial charge is 0.459 e. The Morgan fingerprint density at radius 2 is 1.14 bits per heavy atom. The Balaban J connectivity index is 1.65. The molecule has 0 heterocycles. The third-order valence-corrected chi connectivity index (χ3v) is 5.55. The maximum atomic E-state index is 13.3. The number of rotatable bonds is 11. The number of alkyl carbamates (subject to hydrolysis) is 1. The molecule has 2 N–H and O–H groups in total. The molecule has 0 aliphatic heterocycles. The van der Waals surface area contributed by atoms with Gasteiger partial charge in [0.25, 0.3) is 0 Å². The number of nitrogens with one attached hydrogen (secondary N) is 2. The van der Waals surface area contributed by atoms with E-state index in [-0.39, 0.29) is 25.6 Å². The summed E-state index contributed by atoms with van der Waals surface area (Å²) >= 11 is 0. The number of hydrogen-bond donors (Lipinski definition) is 2. The smallest absolute Gasteiger partial charge is 0.408 e. The summed E-state index contributed by atoms with van der Waals surface area (Å²) in [6.45, 7) is 3.83. The Morgan fingerprint density at radius 3 is 1.64 bits per heavy atom. The number of esters is 1. The van der Waals surface area contributed by atoms with Gasteiger partial charge in [0, 0.05) is 6.42 Å². The summed E-state index contributed by atoms with van der Waals surface area (Å²) < 4.78 is 10.8. The van der Waals surface area contributed by atoms with Gasteiger partial charge in [-0.2, -0.15) is 0 Å². The van der Waals surface area contributed by atoms with E-state index in [9.17, 15) is 14.4 Å². The van der Waals surface area contributed by atoms with Gasteiger partial charge in [-0.05, 0) is 22.6 Å². The van der Waals surface area contributed by atoms with E-state index in [1.165, 1.54) is 0 Å². The number of carbonyl (C=O) groups is 3. The first-order valence-electron chi connectivity index (χ1n) is 11.9. The molecule has 3 rings (SSSR count). The minimum Gasteiger partial charge on any atom is -0.459 e. The van der Waals surface area contributed by atoms with Crippen molar-refractivity contribution in [3.8, 4) is 0 Å². The van der Waals surface area contributed by atoms with Crippen LogP contribution in [0.25, 0.3) is 0 Å². The van der Waals surface area contributed by atoms with E-state index in [1.807, 2.05) is 105 Å². The minimum absolute atomic E-state index is 0.0762. The lowest BCUT2D eigenvalue weighted by atomic mass is 10.0. The predicted octanol–water partition coefficient (Wildman–Crippen LogP) is 4.41. The van der Waals surface area contributed by atoms with Crippen LogP contribution in [0.15, 0.2) is 91.0 Å². The van der Waals surface area contributed by atoms with Gasteiger partial charge < -0.3 is 20.1 Å². The maximum Gasteiger partial charge on any atom is 0.408 e. The lowest BCUT2D eigenvalue weighted by Crippen LogP contribution is -2.54. The zero-order chi connectivity index (χ0) is 25.8. The van der Waals surface area contributed by atoms with Gasteiger partial charge >= 0.3 is 12.1 Å². The highest BCUT2D eigenvalue weighted by Crippen LogP contribution is 2.10. The van der Waals surface area contributed by atoms with E-state index < -0.39 is 30.1 Å². The van der Waals surface area contributed by atoms with E-state index >= 15 is 0 Å². The van der Waals surface area contributed by atoms with Crippen molar-refractivity contribution in [1.82, 2.24) is 10.6 Å². The first-order chi connectivity index (χ1) is 17.4. The standard InChI is InChI=1S/C29H32N2O5/c1-21(2)26(28(33)35-19-23-14-8-4-9-15-23)31-27(32)25(18-22-12-6-3-7-13-22)30-29(34)36-20-24-16-10-5-11-17-24/h3-17,21,25-26H,18-20H2,1-2H3,(H,30,34)(H,31,32)/t25-,26+/m0/s1. The van der Waals surface area contributed by atoms with Crippen LogP contribution < -0.4 is 10.6 Å². The van der Waals surface area contributed by atoms with Gasteiger partial charge in [-0.3, -0.25) is 4.79 Å². The average molecular weight is 489 g/mol. The van der Waals surface area contributed by atoms with Gasteiger partial charge in [-0.25, -0.2) is 9.59 Å². The number of amides is 2. The van der Waals surface area contributed by atoms with Crippen molar-refractivity contribution in [3.63, 3.8) is 0 Å². The van der Waals surface area contributed by atoms with Gasteiger partial charge in [-0.15, -0.1) is 0 Å². The van der Waals surface area contributed by atoms with Crippen molar-refractivity contribution in [2.45, 2.75) is 45.6 Å². The first kappa shape index (κ1) is 26.5. The second-order valence-electron chi connectivity index (χ2n) is 8.77. The molecule has 0 radical (unpaired) electrons. The number of benzene rings is 3. The summed E-state index contributed by atoms with van der Waals surface area (Å²) in [6, 6.07) is 26.1. The normalized spacial score (nSPS) is 12.3. The summed E-state index contributed by atoms with van der Waals surface area (Å²) in [5, 5.41) is 5.42. The maximum absolute atomic E-state index is 13.3. The summed E-state index contributed by atoms with van der Waals surface area (Å²) in [7, 11) is 0. The first-order valence-corrected chi connectivity index (χ1v) is 11.9. The second kappa shape index (κ2) is 13.7. The molecule has 0 spiro atoms. The topological polar surface area (TPSA) is 93.7 Å². The van der Waals surface area contributed by atoms with Crippen LogP contribution in [0.2, 0.25) is 0 Å². The van der Waals surface area contributed by atoms with Crippen molar-refractivity contribution in [2.24, 2.45) is 5.92 Å². The van der Waals surface area contributed by atoms with Crippen molar-refractivity contribution in [1.29, 1.82) is 0 Å². The molecule has 0 saturated heterocycles. The fraction of sp³-hybridized carbons (Fsp3) is 0.276. The molecule has 0 saturated carbocycles. The molecule has 3 aromatic carbocycles. The molecule has 0 fully saturated rings. The van der Waals surface area contributed by atoms with E-state index in [0.29, 0.717) is 0 Å². The third-order valence-electron chi connectivity index (χ3n) is 5.55. The number of ether oxygens (including phenoxy) is 2. The summed E-state index contributed by atoms with van der Waals surface area (Å²) in [4.78, 5) is 38.6. The van der Waals surface area contributed by atoms with Gasteiger partial charge in [0.15, 0.2) is 0 Å². The third kappa shape index (κ3) is 8.58. The zero-order valence-electron chi connectivity index (χ0n) is 20.6. The lowest BCUT2D eigenvalue weighted by molar-refractivity contribution is -0.150. The summed E-state index contributed by atoms with van der Waals surface area (Å²) in [5.41, 5.74) is 2.54. The second-order valence-corrected chi connectivity index (χ2v) is 8.77. The summed E-state index contributed by atoms with van der Waals surface area (Å²) in [5.74, 6) is -1.25. The van der Waals surface area contributed by atoms with Crippen LogP contribution >= 0.6 is 0 Å². The van der Waals surface area contributed by atoms with Crippen molar-refractivity contribution < 1.29 is 23.9 Å². The van der Waals surface area contributed by atoms with Crippen LogP contribution in [0.1, 0.15) is 30.5 Å². The van der Waals surface area contributed by atoms with Gasteiger partial charge in [0.05, 0.1) is 0 Å². The fourth-order valence-electron chi connectivity index (χ4n) is 3.54. The number of carbonyl (C=O) groups excluding carboxylic acids is 3. The molecule has 0 unspecified atom stereocenters. The highest BCUT2D eigenvalue weighted by molar-refractivity contribution is 5.90. The Labute approximate surface area is 211 Å². The van der Waals surface area contributed by atoms with Crippen LogP contribution in [0.5, 0.6) is 0 Å². The summed E-state index contributed by atoms with van der Waals surface area (Å²) in [6.07, 6.45) is -0.487. The molecule has 2 atom stereocenters. The molecule has 7 nitrogen and oxygen atoms in total. The van der Waals surface area contributed by atoms with Crippen LogP contribution in [0.4, 0.5) is 4.79 Å². The Hall–Kier alpha value is -4.13. The van der Waals surface area contributed by atoms with E-state index in [1.54, 1.807) is 0 Å². The molecule has 36 heavy (non-hydrogen) atoms. The van der Waals surface area contributed by atoms with Crippen molar-refractivity contribution in [2.75, 3.05) is 0 Å². The highest BCUT2D eigenvalue weighted by Gasteiger charge is 2.30. The highest BCUT2D eigenvalue weighted by atomic mass is 16.5.